The number of H-pyrrole nitrogens is 1. The molecule has 0 aliphatic carbocycles. The molecule has 0 saturated carbocycles. The van der Waals surface area contributed by atoms with E-state index in [1.807, 2.05) is 0 Å². The first-order valence-electron chi connectivity index (χ1n) is 5.75. The lowest BCUT2D eigenvalue weighted by Gasteiger charge is -2.08. The van der Waals surface area contributed by atoms with Gasteiger partial charge in [-0.05, 0) is 19.1 Å². The monoisotopic (exact) mass is 275 g/mol. The standard InChI is InChI=1S/C13H13N3O4/c1-7-5-9(11(15-7)13(18)19)16-12(17)8-3-4-14-6-10(8)20-2/h3-6,15H,1-2H3,(H,16,17)(H,18,19). The highest BCUT2D eigenvalue weighted by molar-refractivity contribution is 6.08. The van der Waals surface area contributed by atoms with Crippen LogP contribution in [0.4, 0.5) is 5.69 Å². The molecule has 104 valence electrons. The van der Waals surface area contributed by atoms with Crippen molar-refractivity contribution in [3.05, 3.63) is 41.5 Å². The summed E-state index contributed by atoms with van der Waals surface area (Å²) in [6.07, 6.45) is 2.87. The van der Waals surface area contributed by atoms with E-state index in [-0.39, 0.29) is 16.9 Å². The van der Waals surface area contributed by atoms with Crippen LogP contribution >= 0.6 is 0 Å². The molecule has 0 saturated heterocycles. The molecule has 0 unspecified atom stereocenters. The van der Waals surface area contributed by atoms with Crippen LogP contribution in [0.3, 0.4) is 0 Å². The number of anilines is 1. The fourth-order valence-corrected chi connectivity index (χ4v) is 1.78. The third-order valence-corrected chi connectivity index (χ3v) is 2.66. The second-order valence-corrected chi connectivity index (χ2v) is 4.08. The van der Waals surface area contributed by atoms with Crippen LogP contribution in [0.25, 0.3) is 0 Å². The van der Waals surface area contributed by atoms with E-state index >= 15 is 0 Å². The third-order valence-electron chi connectivity index (χ3n) is 2.66. The number of carbonyl (C=O) groups is 2. The van der Waals surface area contributed by atoms with Gasteiger partial charge in [-0.2, -0.15) is 0 Å². The second kappa shape index (κ2) is 5.43. The Morgan fingerprint density at radius 3 is 2.85 bits per heavy atom. The van der Waals surface area contributed by atoms with Crippen molar-refractivity contribution in [2.45, 2.75) is 6.92 Å². The first kappa shape index (κ1) is 13.6. The number of hydrogen-bond acceptors (Lipinski definition) is 4. The number of rotatable bonds is 4. The van der Waals surface area contributed by atoms with Gasteiger partial charge in [-0.25, -0.2) is 4.79 Å². The molecular formula is C13H13N3O4. The summed E-state index contributed by atoms with van der Waals surface area (Å²) in [6, 6.07) is 3.04. The smallest absolute Gasteiger partial charge is 0.354 e. The van der Waals surface area contributed by atoms with Gasteiger partial charge in [0.25, 0.3) is 5.91 Å². The van der Waals surface area contributed by atoms with Crippen LogP contribution < -0.4 is 10.1 Å². The van der Waals surface area contributed by atoms with Gasteiger partial charge in [-0.15, -0.1) is 0 Å². The Hall–Kier alpha value is -2.83. The molecule has 1 amide bonds. The van der Waals surface area contributed by atoms with Gasteiger partial charge >= 0.3 is 5.97 Å². The summed E-state index contributed by atoms with van der Waals surface area (Å²) in [5.41, 5.74) is 1.06. The molecule has 0 spiro atoms. The van der Waals surface area contributed by atoms with Crippen molar-refractivity contribution in [3.8, 4) is 5.75 Å². The molecule has 0 radical (unpaired) electrons. The fourth-order valence-electron chi connectivity index (χ4n) is 1.78. The summed E-state index contributed by atoms with van der Waals surface area (Å²) < 4.78 is 5.04. The molecule has 7 heteroatoms. The normalized spacial score (nSPS) is 10.1. The number of hydrogen-bond donors (Lipinski definition) is 3. The van der Waals surface area contributed by atoms with Crippen molar-refractivity contribution >= 4 is 17.6 Å². The van der Waals surface area contributed by atoms with Gasteiger partial charge in [0, 0.05) is 11.9 Å². The zero-order valence-electron chi connectivity index (χ0n) is 10.9. The Morgan fingerprint density at radius 2 is 2.20 bits per heavy atom. The fraction of sp³-hybridized carbons (Fsp3) is 0.154. The minimum atomic E-state index is -1.14. The summed E-state index contributed by atoms with van der Waals surface area (Å²) in [7, 11) is 1.43. The number of carbonyl (C=O) groups excluding carboxylic acids is 1. The third kappa shape index (κ3) is 2.61. The largest absolute Gasteiger partial charge is 0.494 e. The predicted molar refractivity (Wildman–Crippen MR) is 71.2 cm³/mol. The van der Waals surface area contributed by atoms with Crippen LogP contribution in [0.15, 0.2) is 24.5 Å². The number of carboxylic acids is 1. The maximum Gasteiger partial charge on any atom is 0.354 e. The number of amides is 1. The molecule has 0 bridgehead atoms. The van der Waals surface area contributed by atoms with Crippen LogP contribution in [-0.2, 0) is 0 Å². The maximum absolute atomic E-state index is 12.2. The van der Waals surface area contributed by atoms with Gasteiger partial charge in [-0.3, -0.25) is 9.78 Å². The van der Waals surface area contributed by atoms with Gasteiger partial charge in [0.15, 0.2) is 0 Å². The van der Waals surface area contributed by atoms with Crippen LogP contribution in [0.5, 0.6) is 5.75 Å². The van der Waals surface area contributed by atoms with Gasteiger partial charge < -0.3 is 20.1 Å². The Balaban J connectivity index is 2.30. The van der Waals surface area contributed by atoms with Crippen LogP contribution in [0.2, 0.25) is 0 Å². The molecule has 0 atom stereocenters. The SMILES string of the molecule is COc1cnccc1C(=O)Nc1cc(C)[nH]c1C(=O)O. The molecule has 0 fully saturated rings. The zero-order chi connectivity index (χ0) is 14.7. The Kier molecular flexibility index (Phi) is 3.69. The number of aromatic carboxylic acids is 1. The lowest BCUT2D eigenvalue weighted by Crippen LogP contribution is -2.15. The molecule has 7 nitrogen and oxygen atoms in total. The van der Waals surface area contributed by atoms with E-state index in [4.69, 9.17) is 9.84 Å². The van der Waals surface area contributed by atoms with Crippen LogP contribution in [0.1, 0.15) is 26.5 Å². The summed E-state index contributed by atoms with van der Waals surface area (Å²) >= 11 is 0. The summed E-state index contributed by atoms with van der Waals surface area (Å²) in [5, 5.41) is 11.6. The highest BCUT2D eigenvalue weighted by Gasteiger charge is 2.18. The molecule has 0 aliphatic rings. The Labute approximate surface area is 114 Å². The minimum absolute atomic E-state index is 0.0659. The summed E-state index contributed by atoms with van der Waals surface area (Å²) in [4.78, 5) is 29.7. The minimum Gasteiger partial charge on any atom is -0.494 e. The van der Waals surface area contributed by atoms with Gasteiger partial charge in [0.05, 0.1) is 24.6 Å². The van der Waals surface area contributed by atoms with Gasteiger partial charge in [-0.1, -0.05) is 0 Å². The zero-order valence-corrected chi connectivity index (χ0v) is 10.9. The number of aromatic amines is 1. The molecule has 2 heterocycles. The van der Waals surface area contributed by atoms with E-state index in [0.29, 0.717) is 11.4 Å². The lowest BCUT2D eigenvalue weighted by molar-refractivity contribution is 0.0692. The molecule has 2 rings (SSSR count). The van der Waals surface area contributed by atoms with Crippen LogP contribution in [-0.4, -0.2) is 34.1 Å². The number of nitrogens with zero attached hydrogens (tertiary/aromatic N) is 1. The van der Waals surface area contributed by atoms with E-state index in [1.54, 1.807) is 13.0 Å². The topological polar surface area (TPSA) is 104 Å². The molecule has 0 aliphatic heterocycles. The lowest BCUT2D eigenvalue weighted by atomic mass is 10.2. The van der Waals surface area contributed by atoms with Gasteiger partial charge in [0.2, 0.25) is 0 Å². The predicted octanol–water partition coefficient (Wildman–Crippen LogP) is 1.68. The quantitative estimate of drug-likeness (QED) is 0.787. The summed E-state index contributed by atoms with van der Waals surface area (Å²) in [5.74, 6) is -1.30. The molecule has 2 aromatic heterocycles. The van der Waals surface area contributed by atoms with E-state index in [0.717, 1.165) is 0 Å². The van der Waals surface area contributed by atoms with Crippen molar-refractivity contribution in [2.24, 2.45) is 0 Å². The number of carboxylic acid groups (broad SMARTS) is 1. The molecule has 0 aromatic carbocycles. The number of aryl methyl sites for hydroxylation is 1. The number of aromatic nitrogens is 2. The highest BCUT2D eigenvalue weighted by Crippen LogP contribution is 2.21. The number of ether oxygens (including phenoxy) is 1. The van der Waals surface area contributed by atoms with E-state index in [1.165, 1.54) is 25.6 Å². The first-order chi connectivity index (χ1) is 9.52. The molecule has 2 aromatic rings. The molecule has 20 heavy (non-hydrogen) atoms. The Bertz CT molecular complexity index is 663. The van der Waals surface area contributed by atoms with E-state index < -0.39 is 11.9 Å². The van der Waals surface area contributed by atoms with Crippen molar-refractivity contribution in [2.75, 3.05) is 12.4 Å². The van der Waals surface area contributed by atoms with E-state index in [2.05, 4.69) is 15.3 Å². The van der Waals surface area contributed by atoms with Crippen molar-refractivity contribution in [1.82, 2.24) is 9.97 Å². The Morgan fingerprint density at radius 1 is 1.45 bits per heavy atom. The average Bonchev–Trinajstić information content (AvgIpc) is 2.79. The average molecular weight is 275 g/mol. The highest BCUT2D eigenvalue weighted by atomic mass is 16.5. The van der Waals surface area contributed by atoms with Crippen LogP contribution in [0, 0.1) is 6.92 Å². The van der Waals surface area contributed by atoms with Crippen molar-refractivity contribution in [3.63, 3.8) is 0 Å². The van der Waals surface area contributed by atoms with Crippen molar-refractivity contribution in [1.29, 1.82) is 0 Å². The number of pyridine rings is 1. The number of methoxy groups -OCH3 is 1. The molecule has 3 N–H and O–H groups in total. The second-order valence-electron chi connectivity index (χ2n) is 4.08. The molecular weight excluding hydrogens is 262 g/mol. The first-order valence-corrected chi connectivity index (χ1v) is 5.75. The van der Waals surface area contributed by atoms with Crippen molar-refractivity contribution < 1.29 is 19.4 Å². The number of nitrogens with one attached hydrogen (secondary N) is 2. The van der Waals surface area contributed by atoms with E-state index in [9.17, 15) is 9.59 Å². The maximum atomic E-state index is 12.2. The van der Waals surface area contributed by atoms with Gasteiger partial charge in [0.1, 0.15) is 11.4 Å². The summed E-state index contributed by atoms with van der Waals surface area (Å²) in [6.45, 7) is 1.70.